The molecular formula is C29H34O7. The monoisotopic (exact) mass is 494 g/mol. The summed E-state index contributed by atoms with van der Waals surface area (Å²) in [7, 11) is 4.47. The summed E-state index contributed by atoms with van der Waals surface area (Å²) in [6.45, 7) is 2.45. The molecule has 7 heteroatoms. The van der Waals surface area contributed by atoms with Gasteiger partial charge in [0.25, 0.3) is 0 Å². The molecule has 3 aromatic rings. The van der Waals surface area contributed by atoms with Crippen LogP contribution in [0.4, 0.5) is 0 Å². The predicted octanol–water partition coefficient (Wildman–Crippen LogP) is 6.12. The molecular weight excluding hydrogens is 460 g/mol. The van der Waals surface area contributed by atoms with Crippen molar-refractivity contribution >= 4 is 22.5 Å². The largest absolute Gasteiger partial charge is 0.507 e. The van der Waals surface area contributed by atoms with Gasteiger partial charge in [-0.1, -0.05) is 25.5 Å². The zero-order valence-electron chi connectivity index (χ0n) is 21.4. The number of hydrogen-bond donors (Lipinski definition) is 1. The number of phenols is 1. The Bertz CT molecular complexity index is 1220. The maximum Gasteiger partial charge on any atom is 0.341 e. The van der Waals surface area contributed by atoms with Crippen LogP contribution in [0.1, 0.15) is 65.3 Å². The number of carbonyl (C=O) groups excluding carboxylic acids is 2. The second-order valence-electron chi connectivity index (χ2n) is 8.53. The number of benzene rings is 3. The van der Waals surface area contributed by atoms with Gasteiger partial charge in [-0.05, 0) is 66.8 Å². The molecule has 0 unspecified atom stereocenters. The molecule has 192 valence electrons. The Morgan fingerprint density at radius 2 is 1.56 bits per heavy atom. The van der Waals surface area contributed by atoms with E-state index in [0.717, 1.165) is 36.5 Å². The number of aromatic hydroxyl groups is 1. The van der Waals surface area contributed by atoms with Gasteiger partial charge in [0, 0.05) is 17.5 Å². The predicted molar refractivity (Wildman–Crippen MR) is 139 cm³/mol. The van der Waals surface area contributed by atoms with E-state index < -0.39 is 5.97 Å². The van der Waals surface area contributed by atoms with Crippen LogP contribution in [0.5, 0.6) is 23.0 Å². The van der Waals surface area contributed by atoms with Crippen molar-refractivity contribution in [3.05, 3.63) is 59.2 Å². The van der Waals surface area contributed by atoms with Crippen LogP contribution in [-0.4, -0.2) is 44.8 Å². The molecule has 0 radical (unpaired) electrons. The van der Waals surface area contributed by atoms with Crippen molar-refractivity contribution in [2.45, 2.75) is 45.4 Å². The van der Waals surface area contributed by atoms with E-state index in [2.05, 4.69) is 0 Å². The minimum absolute atomic E-state index is 0.0850. The molecule has 3 aromatic carbocycles. The molecule has 0 spiro atoms. The summed E-state index contributed by atoms with van der Waals surface area (Å²) in [4.78, 5) is 24.6. The second-order valence-corrected chi connectivity index (χ2v) is 8.53. The van der Waals surface area contributed by atoms with Gasteiger partial charge in [-0.15, -0.1) is 0 Å². The molecule has 0 amide bonds. The minimum Gasteiger partial charge on any atom is -0.507 e. The van der Waals surface area contributed by atoms with Crippen molar-refractivity contribution in [2.24, 2.45) is 0 Å². The van der Waals surface area contributed by atoms with Crippen LogP contribution in [0, 0.1) is 0 Å². The summed E-state index contributed by atoms with van der Waals surface area (Å²) in [5, 5.41) is 12.4. The topological polar surface area (TPSA) is 91.3 Å². The number of fused-ring (bicyclic) bond motifs is 1. The van der Waals surface area contributed by atoms with E-state index in [1.165, 1.54) is 13.2 Å². The van der Waals surface area contributed by atoms with Gasteiger partial charge in [-0.25, -0.2) is 4.79 Å². The molecule has 0 bridgehead atoms. The number of esters is 1. The van der Waals surface area contributed by atoms with Crippen LogP contribution < -0.4 is 14.2 Å². The lowest BCUT2D eigenvalue weighted by molar-refractivity contribution is 0.0597. The van der Waals surface area contributed by atoms with E-state index in [1.54, 1.807) is 20.3 Å². The van der Waals surface area contributed by atoms with Crippen molar-refractivity contribution in [3.63, 3.8) is 0 Å². The number of hydrogen-bond acceptors (Lipinski definition) is 7. The molecule has 0 aromatic heterocycles. The standard InChI is InChI=1S/C29H34O7/c1-5-9-22-25(14-13-23(28(22)31)29(32)35-4)36-15-8-6-7-10-24(30)20-12-11-19-17-26(33-2)27(34-3)18-21(19)16-20/h11-14,16-18,31H,5-10,15H2,1-4H3. The lowest BCUT2D eigenvalue weighted by Crippen LogP contribution is -2.06. The molecule has 0 saturated heterocycles. The first-order valence-electron chi connectivity index (χ1n) is 12.2. The molecule has 36 heavy (non-hydrogen) atoms. The molecule has 0 aliphatic rings. The molecule has 0 atom stereocenters. The summed E-state index contributed by atoms with van der Waals surface area (Å²) in [6.07, 6.45) is 4.19. The third-order valence-corrected chi connectivity index (χ3v) is 6.12. The highest BCUT2D eigenvalue weighted by Crippen LogP contribution is 2.34. The number of phenolic OH excluding ortho intramolecular Hbond substituents is 1. The minimum atomic E-state index is -0.577. The average Bonchev–Trinajstić information content (AvgIpc) is 2.90. The maximum absolute atomic E-state index is 12.7. The molecule has 3 rings (SSSR count). The summed E-state index contributed by atoms with van der Waals surface area (Å²) in [5.74, 6) is 1.29. The van der Waals surface area contributed by atoms with Gasteiger partial charge in [0.1, 0.15) is 17.1 Å². The third kappa shape index (κ3) is 6.27. The quantitative estimate of drug-likeness (QED) is 0.174. The molecule has 0 saturated carbocycles. The fourth-order valence-corrected chi connectivity index (χ4v) is 4.16. The van der Waals surface area contributed by atoms with E-state index in [0.29, 0.717) is 47.8 Å². The van der Waals surface area contributed by atoms with E-state index >= 15 is 0 Å². The first-order chi connectivity index (χ1) is 17.4. The smallest absolute Gasteiger partial charge is 0.341 e. The van der Waals surface area contributed by atoms with Gasteiger partial charge in [0.2, 0.25) is 0 Å². The molecule has 1 N–H and O–H groups in total. The zero-order chi connectivity index (χ0) is 26.1. The molecule has 7 nitrogen and oxygen atoms in total. The van der Waals surface area contributed by atoms with Gasteiger partial charge in [-0.2, -0.15) is 0 Å². The van der Waals surface area contributed by atoms with Crippen LogP contribution in [0.25, 0.3) is 10.8 Å². The van der Waals surface area contributed by atoms with Crippen molar-refractivity contribution in [1.82, 2.24) is 0 Å². The summed E-state index contributed by atoms with van der Waals surface area (Å²) in [5.41, 5.74) is 1.43. The van der Waals surface area contributed by atoms with Crippen molar-refractivity contribution in [3.8, 4) is 23.0 Å². The first kappa shape index (κ1) is 26.9. The molecule has 0 heterocycles. The summed E-state index contributed by atoms with van der Waals surface area (Å²) < 4.78 is 21.3. The van der Waals surface area contributed by atoms with E-state index in [-0.39, 0.29) is 17.1 Å². The van der Waals surface area contributed by atoms with Gasteiger partial charge in [-0.3, -0.25) is 4.79 Å². The van der Waals surface area contributed by atoms with Crippen molar-refractivity contribution < 1.29 is 33.6 Å². The SMILES string of the molecule is CCCc1c(OCCCCCC(=O)c2ccc3cc(OC)c(OC)cc3c2)ccc(C(=O)OC)c1O. The number of unbranched alkanes of at least 4 members (excludes halogenated alkanes) is 2. The lowest BCUT2D eigenvalue weighted by atomic mass is 10.0. The van der Waals surface area contributed by atoms with Crippen LogP contribution in [0.2, 0.25) is 0 Å². The van der Waals surface area contributed by atoms with Gasteiger partial charge >= 0.3 is 5.97 Å². The van der Waals surface area contributed by atoms with Crippen molar-refractivity contribution in [2.75, 3.05) is 27.9 Å². The zero-order valence-corrected chi connectivity index (χ0v) is 21.4. The molecule has 0 aliphatic carbocycles. The number of rotatable bonds is 13. The maximum atomic E-state index is 12.7. The van der Waals surface area contributed by atoms with Crippen LogP contribution in [0.15, 0.2) is 42.5 Å². The molecule has 0 fully saturated rings. The molecule has 0 aliphatic heterocycles. The second kappa shape index (κ2) is 12.8. The summed E-state index contributed by atoms with van der Waals surface area (Å²) >= 11 is 0. The Morgan fingerprint density at radius 3 is 2.22 bits per heavy atom. The Morgan fingerprint density at radius 1 is 0.833 bits per heavy atom. The van der Waals surface area contributed by atoms with Crippen LogP contribution in [0.3, 0.4) is 0 Å². The van der Waals surface area contributed by atoms with E-state index in [9.17, 15) is 14.7 Å². The number of carbonyl (C=O) groups is 2. The Labute approximate surface area is 211 Å². The third-order valence-electron chi connectivity index (χ3n) is 6.12. The number of ether oxygens (including phenoxy) is 4. The first-order valence-corrected chi connectivity index (χ1v) is 12.2. The van der Waals surface area contributed by atoms with Gasteiger partial charge in [0.15, 0.2) is 17.3 Å². The fraction of sp³-hybridized carbons (Fsp3) is 0.379. The van der Waals surface area contributed by atoms with E-state index in [1.807, 2.05) is 37.3 Å². The Hall–Kier alpha value is -3.74. The van der Waals surface area contributed by atoms with E-state index in [4.69, 9.17) is 18.9 Å². The number of ketones is 1. The summed E-state index contributed by atoms with van der Waals surface area (Å²) in [6, 6.07) is 12.7. The normalized spacial score (nSPS) is 10.8. The lowest BCUT2D eigenvalue weighted by Gasteiger charge is -2.14. The van der Waals surface area contributed by atoms with Crippen LogP contribution in [-0.2, 0) is 11.2 Å². The number of Topliss-reactive ketones (excluding diaryl/α,β-unsaturated/α-hetero) is 1. The van der Waals surface area contributed by atoms with Gasteiger partial charge < -0.3 is 24.1 Å². The highest BCUT2D eigenvalue weighted by molar-refractivity contribution is 6.00. The van der Waals surface area contributed by atoms with Crippen molar-refractivity contribution in [1.29, 1.82) is 0 Å². The highest BCUT2D eigenvalue weighted by Gasteiger charge is 2.18. The highest BCUT2D eigenvalue weighted by atomic mass is 16.5. The fourth-order valence-electron chi connectivity index (χ4n) is 4.16. The average molecular weight is 495 g/mol. The Kier molecular flexibility index (Phi) is 9.56. The number of methoxy groups -OCH3 is 3. The van der Waals surface area contributed by atoms with Crippen LogP contribution >= 0.6 is 0 Å². The van der Waals surface area contributed by atoms with Gasteiger partial charge in [0.05, 0.1) is 27.9 Å². The Balaban J connectivity index is 1.52.